The van der Waals surface area contributed by atoms with E-state index in [0.717, 1.165) is 16.5 Å². The van der Waals surface area contributed by atoms with Crippen LogP contribution >= 0.6 is 0 Å². The van der Waals surface area contributed by atoms with E-state index < -0.39 is 6.10 Å². The number of hydrogen-bond acceptors (Lipinski definition) is 4. The molecule has 2 heterocycles. The number of nitrogens with zero attached hydrogens (tertiary/aromatic N) is 1. The van der Waals surface area contributed by atoms with E-state index in [1.54, 1.807) is 6.20 Å². The molecule has 1 aromatic heterocycles. The molecule has 0 radical (unpaired) electrons. The minimum atomic E-state index is -0.550. The second-order valence-electron chi connectivity index (χ2n) is 4.74. The summed E-state index contributed by atoms with van der Waals surface area (Å²) in [5.74, 6) is 0. The largest absolute Gasteiger partial charge is 0.390 e. The van der Waals surface area contributed by atoms with Gasteiger partial charge in [0, 0.05) is 18.0 Å². The fourth-order valence-corrected chi connectivity index (χ4v) is 2.42. The number of aromatic nitrogens is 1. The van der Waals surface area contributed by atoms with Crippen molar-refractivity contribution in [3.8, 4) is 0 Å². The van der Waals surface area contributed by atoms with Crippen LogP contribution in [0.3, 0.4) is 0 Å². The minimum Gasteiger partial charge on any atom is -0.390 e. The molecule has 0 saturated carbocycles. The van der Waals surface area contributed by atoms with Gasteiger partial charge in [0.25, 0.3) is 0 Å². The number of benzene rings is 1. The van der Waals surface area contributed by atoms with Crippen molar-refractivity contribution < 1.29 is 14.6 Å². The zero-order chi connectivity index (χ0) is 13.1. The number of ether oxygens (including phenoxy) is 2. The molecule has 1 aromatic carbocycles. The fraction of sp³-hybridized carbons (Fsp3) is 0.400. The lowest BCUT2D eigenvalue weighted by atomic mass is 10.0. The van der Waals surface area contributed by atoms with Gasteiger partial charge >= 0.3 is 0 Å². The third-order valence-electron chi connectivity index (χ3n) is 3.44. The summed E-state index contributed by atoms with van der Waals surface area (Å²) >= 11 is 0. The topological polar surface area (TPSA) is 51.6 Å². The summed E-state index contributed by atoms with van der Waals surface area (Å²) in [6.45, 7) is 1.63. The van der Waals surface area contributed by atoms with Crippen LogP contribution in [0.1, 0.15) is 5.56 Å². The fourth-order valence-electron chi connectivity index (χ4n) is 2.42. The highest BCUT2D eigenvalue weighted by molar-refractivity contribution is 5.81. The van der Waals surface area contributed by atoms with E-state index in [1.165, 1.54) is 0 Å². The molecule has 3 rings (SSSR count). The third kappa shape index (κ3) is 2.76. The monoisotopic (exact) mass is 259 g/mol. The van der Waals surface area contributed by atoms with Crippen molar-refractivity contribution in [2.75, 3.05) is 19.8 Å². The lowest BCUT2D eigenvalue weighted by Crippen LogP contribution is -2.39. The van der Waals surface area contributed by atoms with Crippen LogP contribution in [-0.4, -0.2) is 42.1 Å². The average molecular weight is 259 g/mol. The quantitative estimate of drug-likeness (QED) is 0.908. The summed E-state index contributed by atoms with van der Waals surface area (Å²) in [4.78, 5) is 4.32. The second kappa shape index (κ2) is 5.65. The van der Waals surface area contributed by atoms with Gasteiger partial charge in [0.2, 0.25) is 0 Å². The molecule has 1 aliphatic rings. The van der Waals surface area contributed by atoms with Crippen molar-refractivity contribution >= 4 is 10.9 Å². The molecule has 19 heavy (non-hydrogen) atoms. The first-order valence-electron chi connectivity index (χ1n) is 6.54. The first kappa shape index (κ1) is 12.5. The number of para-hydroxylation sites is 1. The van der Waals surface area contributed by atoms with E-state index in [2.05, 4.69) is 4.98 Å². The summed E-state index contributed by atoms with van der Waals surface area (Å²) in [5, 5.41) is 11.3. The molecule has 0 amide bonds. The van der Waals surface area contributed by atoms with Gasteiger partial charge < -0.3 is 14.6 Å². The number of pyridine rings is 1. The Hall–Kier alpha value is -1.49. The highest BCUT2D eigenvalue weighted by Crippen LogP contribution is 2.19. The maximum Gasteiger partial charge on any atom is 0.107 e. The van der Waals surface area contributed by atoms with E-state index in [-0.39, 0.29) is 6.10 Å². The number of fused-ring (bicyclic) bond motifs is 1. The Labute approximate surface area is 112 Å². The van der Waals surface area contributed by atoms with Crippen LogP contribution in [0.15, 0.2) is 36.5 Å². The van der Waals surface area contributed by atoms with Crippen molar-refractivity contribution in [3.05, 3.63) is 42.1 Å². The molecule has 0 spiro atoms. The van der Waals surface area contributed by atoms with Crippen LogP contribution < -0.4 is 0 Å². The average Bonchev–Trinajstić information content (AvgIpc) is 2.48. The second-order valence-corrected chi connectivity index (χ2v) is 4.74. The van der Waals surface area contributed by atoms with Gasteiger partial charge in [-0.3, -0.25) is 4.98 Å². The molecule has 2 unspecified atom stereocenters. The lowest BCUT2D eigenvalue weighted by molar-refractivity contribution is -0.131. The van der Waals surface area contributed by atoms with E-state index in [4.69, 9.17) is 9.47 Å². The number of hydrogen-bond donors (Lipinski definition) is 1. The molecule has 1 fully saturated rings. The summed E-state index contributed by atoms with van der Waals surface area (Å²) in [6, 6.07) is 9.91. The summed E-state index contributed by atoms with van der Waals surface area (Å²) < 4.78 is 10.9. The van der Waals surface area contributed by atoms with Crippen molar-refractivity contribution in [3.63, 3.8) is 0 Å². The zero-order valence-electron chi connectivity index (χ0n) is 10.7. The van der Waals surface area contributed by atoms with Crippen molar-refractivity contribution in [2.24, 2.45) is 0 Å². The molecule has 2 atom stereocenters. The normalized spacial score (nSPS) is 21.4. The van der Waals surface area contributed by atoms with Gasteiger partial charge in [-0.2, -0.15) is 0 Å². The Kier molecular flexibility index (Phi) is 3.73. The molecule has 2 aromatic rings. The number of aliphatic hydroxyl groups is 1. The molecule has 1 aliphatic heterocycles. The van der Waals surface area contributed by atoms with Crippen molar-refractivity contribution in [1.82, 2.24) is 4.98 Å². The minimum absolute atomic E-state index is 0.235. The molecular formula is C15H17NO3. The first-order chi connectivity index (χ1) is 9.34. The van der Waals surface area contributed by atoms with Gasteiger partial charge in [-0.15, -0.1) is 0 Å². The first-order valence-corrected chi connectivity index (χ1v) is 6.54. The SMILES string of the molecule is OC(Cc1ccnc2ccccc12)C1COCCO1. The molecule has 1 N–H and O–H groups in total. The zero-order valence-corrected chi connectivity index (χ0v) is 10.7. The molecule has 1 saturated heterocycles. The van der Waals surface area contributed by atoms with E-state index in [0.29, 0.717) is 26.2 Å². The van der Waals surface area contributed by atoms with Crippen LogP contribution in [-0.2, 0) is 15.9 Å². The van der Waals surface area contributed by atoms with Gasteiger partial charge in [-0.05, 0) is 17.7 Å². The van der Waals surface area contributed by atoms with Gasteiger partial charge in [-0.25, -0.2) is 0 Å². The van der Waals surface area contributed by atoms with Crippen LogP contribution in [0.4, 0.5) is 0 Å². The molecule has 4 nitrogen and oxygen atoms in total. The Balaban J connectivity index is 1.80. The van der Waals surface area contributed by atoms with Crippen LogP contribution in [0.2, 0.25) is 0 Å². The highest BCUT2D eigenvalue weighted by Gasteiger charge is 2.23. The van der Waals surface area contributed by atoms with Crippen molar-refractivity contribution in [1.29, 1.82) is 0 Å². The predicted molar refractivity (Wildman–Crippen MR) is 72.0 cm³/mol. The van der Waals surface area contributed by atoms with Crippen LogP contribution in [0, 0.1) is 0 Å². The smallest absolute Gasteiger partial charge is 0.107 e. The standard InChI is InChI=1S/C15H17NO3/c17-14(15-10-18-7-8-19-15)9-11-5-6-16-13-4-2-1-3-12(11)13/h1-6,14-15,17H,7-10H2. The van der Waals surface area contributed by atoms with Gasteiger partial charge in [-0.1, -0.05) is 18.2 Å². The van der Waals surface area contributed by atoms with E-state index in [9.17, 15) is 5.11 Å². The summed E-state index contributed by atoms with van der Waals surface area (Å²) in [5.41, 5.74) is 2.04. The highest BCUT2D eigenvalue weighted by atomic mass is 16.6. The van der Waals surface area contributed by atoms with Crippen LogP contribution in [0.5, 0.6) is 0 Å². The predicted octanol–water partition coefficient (Wildman–Crippen LogP) is 1.55. The Morgan fingerprint density at radius 1 is 1.26 bits per heavy atom. The molecular weight excluding hydrogens is 242 g/mol. The maximum atomic E-state index is 10.3. The number of rotatable bonds is 3. The lowest BCUT2D eigenvalue weighted by Gasteiger charge is -2.27. The maximum absolute atomic E-state index is 10.3. The van der Waals surface area contributed by atoms with Crippen LogP contribution in [0.25, 0.3) is 10.9 Å². The Bertz CT molecular complexity index is 547. The Morgan fingerprint density at radius 3 is 3.00 bits per heavy atom. The van der Waals surface area contributed by atoms with Gasteiger partial charge in [0.05, 0.1) is 31.4 Å². The number of aliphatic hydroxyl groups excluding tert-OH is 1. The van der Waals surface area contributed by atoms with E-state index >= 15 is 0 Å². The molecule has 0 bridgehead atoms. The third-order valence-corrected chi connectivity index (χ3v) is 3.44. The summed E-state index contributed by atoms with van der Waals surface area (Å²) in [7, 11) is 0. The Morgan fingerprint density at radius 2 is 2.16 bits per heavy atom. The molecule has 4 heteroatoms. The molecule has 0 aliphatic carbocycles. The molecule has 100 valence electrons. The van der Waals surface area contributed by atoms with Crippen molar-refractivity contribution in [2.45, 2.75) is 18.6 Å². The van der Waals surface area contributed by atoms with E-state index in [1.807, 2.05) is 30.3 Å². The van der Waals surface area contributed by atoms with Gasteiger partial charge in [0.1, 0.15) is 6.10 Å². The van der Waals surface area contributed by atoms with Gasteiger partial charge in [0.15, 0.2) is 0 Å². The summed E-state index contributed by atoms with van der Waals surface area (Å²) in [6.07, 6.45) is 1.55.